The summed E-state index contributed by atoms with van der Waals surface area (Å²) in [4.78, 5) is 12.5. The van der Waals surface area contributed by atoms with Crippen LogP contribution in [0.1, 0.15) is 116 Å². The second-order valence-corrected chi connectivity index (χ2v) is 10.7. The maximum atomic E-state index is 12.5. The molecule has 0 heterocycles. The number of hydrogen-bond donors (Lipinski definition) is 0. The third-order valence-corrected chi connectivity index (χ3v) is 8.22. The lowest BCUT2D eigenvalue weighted by Gasteiger charge is -2.28. The standard InChI is InChI=1S/C28H44O4/c29-28(32-27-9-5-2-6-10-27)24-17-13-22(14-18-24)11-12-23-15-19-26(20-16-23)31-21-30-25-7-3-1-4-8-25/h22-27H,1-10,13-21H2. The zero-order chi connectivity index (χ0) is 22.0. The van der Waals surface area contributed by atoms with Crippen molar-refractivity contribution in [3.05, 3.63) is 0 Å². The highest BCUT2D eigenvalue weighted by Crippen LogP contribution is 2.32. The molecule has 4 nitrogen and oxygen atoms in total. The third kappa shape index (κ3) is 7.77. The van der Waals surface area contributed by atoms with Gasteiger partial charge in [0.1, 0.15) is 12.9 Å². The number of hydrogen-bond acceptors (Lipinski definition) is 4. The Bertz CT molecular complexity index is 607. The Balaban J connectivity index is 1.08. The molecule has 0 bridgehead atoms. The second-order valence-electron chi connectivity index (χ2n) is 10.7. The summed E-state index contributed by atoms with van der Waals surface area (Å²) < 4.78 is 17.7. The first-order valence-electron chi connectivity index (χ1n) is 13.7. The van der Waals surface area contributed by atoms with Gasteiger partial charge >= 0.3 is 5.97 Å². The minimum Gasteiger partial charge on any atom is -0.462 e. The summed E-state index contributed by atoms with van der Waals surface area (Å²) in [6.07, 6.45) is 21.7. The van der Waals surface area contributed by atoms with Crippen molar-refractivity contribution < 1.29 is 19.0 Å². The van der Waals surface area contributed by atoms with E-state index in [1.165, 1.54) is 51.4 Å². The highest BCUT2D eigenvalue weighted by atomic mass is 16.7. The summed E-state index contributed by atoms with van der Waals surface area (Å²) in [6.45, 7) is 0.470. The third-order valence-electron chi connectivity index (χ3n) is 8.22. The molecule has 0 saturated heterocycles. The summed E-state index contributed by atoms with van der Waals surface area (Å²) in [7, 11) is 0. The van der Waals surface area contributed by atoms with Crippen molar-refractivity contribution in [1.29, 1.82) is 0 Å². The van der Waals surface area contributed by atoms with Crippen LogP contribution in [0.15, 0.2) is 0 Å². The summed E-state index contributed by atoms with van der Waals surface area (Å²) >= 11 is 0. The minimum absolute atomic E-state index is 0.0640. The molecule has 0 atom stereocenters. The van der Waals surface area contributed by atoms with Crippen LogP contribution in [-0.2, 0) is 19.0 Å². The van der Waals surface area contributed by atoms with Crippen molar-refractivity contribution in [2.75, 3.05) is 6.79 Å². The molecule has 0 aromatic carbocycles. The van der Waals surface area contributed by atoms with Crippen molar-refractivity contribution in [3.8, 4) is 11.8 Å². The fraction of sp³-hybridized carbons (Fsp3) is 0.893. The van der Waals surface area contributed by atoms with Gasteiger partial charge in [-0.25, -0.2) is 0 Å². The molecule has 180 valence electrons. The summed E-state index contributed by atoms with van der Waals surface area (Å²) in [5, 5.41) is 0. The van der Waals surface area contributed by atoms with Crippen molar-refractivity contribution in [2.45, 2.75) is 134 Å². The number of carbonyl (C=O) groups excluding carboxylic acids is 1. The van der Waals surface area contributed by atoms with Crippen LogP contribution < -0.4 is 0 Å². The first-order valence-corrected chi connectivity index (χ1v) is 13.7. The van der Waals surface area contributed by atoms with E-state index >= 15 is 0 Å². The van der Waals surface area contributed by atoms with E-state index < -0.39 is 0 Å². The summed E-state index contributed by atoms with van der Waals surface area (Å²) in [5.41, 5.74) is 0. The van der Waals surface area contributed by atoms with Crippen LogP contribution in [0.25, 0.3) is 0 Å². The van der Waals surface area contributed by atoms with E-state index in [2.05, 4.69) is 11.8 Å². The Hall–Kier alpha value is -1.05. The van der Waals surface area contributed by atoms with Crippen molar-refractivity contribution >= 4 is 5.97 Å². The highest BCUT2D eigenvalue weighted by Gasteiger charge is 2.29. The first-order chi connectivity index (χ1) is 15.8. The lowest BCUT2D eigenvalue weighted by Crippen LogP contribution is -2.28. The highest BCUT2D eigenvalue weighted by molar-refractivity contribution is 5.72. The van der Waals surface area contributed by atoms with Crippen LogP contribution >= 0.6 is 0 Å². The molecule has 4 saturated carbocycles. The Labute approximate surface area is 195 Å². The van der Waals surface area contributed by atoms with Gasteiger partial charge in [0.2, 0.25) is 0 Å². The van der Waals surface area contributed by atoms with Crippen LogP contribution in [0.5, 0.6) is 0 Å². The number of carbonyl (C=O) groups is 1. The van der Waals surface area contributed by atoms with E-state index in [1.807, 2.05) is 0 Å². The van der Waals surface area contributed by atoms with E-state index in [1.54, 1.807) is 0 Å². The largest absolute Gasteiger partial charge is 0.462 e. The predicted molar refractivity (Wildman–Crippen MR) is 126 cm³/mol. The van der Waals surface area contributed by atoms with Gasteiger partial charge in [0, 0.05) is 11.8 Å². The fourth-order valence-electron chi connectivity index (χ4n) is 5.99. The van der Waals surface area contributed by atoms with Crippen LogP contribution in [0.4, 0.5) is 0 Å². The lowest BCUT2D eigenvalue weighted by atomic mass is 9.81. The maximum Gasteiger partial charge on any atom is 0.309 e. The monoisotopic (exact) mass is 444 g/mol. The number of rotatable bonds is 6. The molecule has 32 heavy (non-hydrogen) atoms. The summed E-state index contributed by atoms with van der Waals surface area (Å²) in [6, 6.07) is 0. The zero-order valence-corrected chi connectivity index (χ0v) is 20.0. The average Bonchev–Trinajstić information content (AvgIpc) is 2.85. The molecule has 4 aliphatic rings. The molecule has 4 heteroatoms. The molecule has 0 aromatic rings. The van der Waals surface area contributed by atoms with Crippen LogP contribution in [-0.4, -0.2) is 31.1 Å². The number of esters is 1. The first kappa shape index (κ1) is 24.1. The van der Waals surface area contributed by atoms with Gasteiger partial charge in [-0.2, -0.15) is 0 Å². The van der Waals surface area contributed by atoms with Gasteiger partial charge in [0.25, 0.3) is 0 Å². The predicted octanol–water partition coefficient (Wildman–Crippen LogP) is 6.55. The lowest BCUT2D eigenvalue weighted by molar-refractivity contribution is -0.156. The molecule has 0 radical (unpaired) electrons. The van der Waals surface area contributed by atoms with Crippen LogP contribution in [0, 0.1) is 29.6 Å². The Morgan fingerprint density at radius 1 is 0.562 bits per heavy atom. The smallest absolute Gasteiger partial charge is 0.309 e. The normalized spacial score (nSPS) is 32.6. The average molecular weight is 445 g/mol. The minimum atomic E-state index is 0.0640. The van der Waals surface area contributed by atoms with Crippen LogP contribution in [0.2, 0.25) is 0 Å². The van der Waals surface area contributed by atoms with Gasteiger partial charge in [-0.15, -0.1) is 0 Å². The molecular formula is C28H44O4. The van der Waals surface area contributed by atoms with E-state index in [0.717, 1.165) is 64.2 Å². The molecule has 0 spiro atoms. The Morgan fingerprint density at radius 2 is 1.03 bits per heavy atom. The molecular weight excluding hydrogens is 400 g/mol. The number of ether oxygens (including phenoxy) is 3. The van der Waals surface area contributed by atoms with Crippen molar-refractivity contribution in [3.63, 3.8) is 0 Å². The fourth-order valence-corrected chi connectivity index (χ4v) is 5.99. The molecule has 0 aliphatic heterocycles. The van der Waals surface area contributed by atoms with E-state index in [4.69, 9.17) is 14.2 Å². The molecule has 0 aromatic heterocycles. The topological polar surface area (TPSA) is 44.8 Å². The van der Waals surface area contributed by atoms with Gasteiger partial charge < -0.3 is 14.2 Å². The van der Waals surface area contributed by atoms with Crippen molar-refractivity contribution in [1.82, 2.24) is 0 Å². The molecule has 4 fully saturated rings. The van der Waals surface area contributed by atoms with Gasteiger partial charge in [-0.3, -0.25) is 4.79 Å². The molecule has 0 amide bonds. The maximum absolute atomic E-state index is 12.5. The van der Waals surface area contributed by atoms with Gasteiger partial charge in [-0.1, -0.05) is 37.5 Å². The molecule has 4 aliphatic carbocycles. The van der Waals surface area contributed by atoms with Crippen molar-refractivity contribution in [2.24, 2.45) is 17.8 Å². The zero-order valence-electron chi connectivity index (χ0n) is 20.0. The quantitative estimate of drug-likeness (QED) is 0.264. The van der Waals surface area contributed by atoms with Crippen LogP contribution in [0.3, 0.4) is 0 Å². The van der Waals surface area contributed by atoms with E-state index in [-0.39, 0.29) is 18.0 Å². The Kier molecular flexibility index (Phi) is 9.78. The Morgan fingerprint density at radius 3 is 1.59 bits per heavy atom. The molecule has 0 unspecified atom stereocenters. The van der Waals surface area contributed by atoms with E-state index in [9.17, 15) is 4.79 Å². The summed E-state index contributed by atoms with van der Waals surface area (Å²) in [5.74, 6) is 8.30. The SMILES string of the molecule is O=C(OC1CCCCC1)C1CCC(C#CC2CCC(OCOC3CCCCC3)CC2)CC1. The van der Waals surface area contributed by atoms with Gasteiger partial charge in [0.05, 0.1) is 18.1 Å². The molecule has 0 N–H and O–H groups in total. The van der Waals surface area contributed by atoms with Gasteiger partial charge in [0.15, 0.2) is 0 Å². The van der Waals surface area contributed by atoms with Gasteiger partial charge in [-0.05, 0) is 89.9 Å². The second kappa shape index (κ2) is 13.0. The molecule has 4 rings (SSSR count). The van der Waals surface area contributed by atoms with E-state index in [0.29, 0.717) is 30.8 Å².